The maximum Gasteiger partial charge on any atom is 0.272 e. The first-order chi connectivity index (χ1) is 11.3. The first-order valence-electron chi connectivity index (χ1n) is 8.84. The average Bonchev–Trinajstić information content (AvgIpc) is 3.24. The number of fused-ring (bicyclic) bond motifs is 1. The summed E-state index contributed by atoms with van der Waals surface area (Å²) in [4.78, 5) is 21.3. The second kappa shape index (κ2) is 6.57. The Morgan fingerprint density at radius 3 is 2.91 bits per heavy atom. The lowest BCUT2D eigenvalue weighted by atomic mass is 9.88. The molecule has 124 valence electrons. The first kappa shape index (κ1) is 15.1. The molecule has 0 aromatic carbocycles. The van der Waals surface area contributed by atoms with E-state index in [9.17, 15) is 4.79 Å². The van der Waals surface area contributed by atoms with Crippen LogP contribution >= 0.6 is 0 Å². The number of ether oxygens (including phenoxy) is 1. The zero-order valence-electron chi connectivity index (χ0n) is 13.6. The van der Waals surface area contributed by atoms with Crippen LogP contribution in [0.25, 0.3) is 0 Å². The summed E-state index contributed by atoms with van der Waals surface area (Å²) in [5, 5.41) is 0. The second-order valence-electron chi connectivity index (χ2n) is 7.13. The van der Waals surface area contributed by atoms with E-state index in [4.69, 9.17) is 4.74 Å². The SMILES string of the molecule is O=C(c1ccccn1)N1C[C@H]2CCN(CC3CCCO3)C[C@H]2C1. The molecular weight excluding hydrogens is 290 g/mol. The molecule has 3 aliphatic heterocycles. The molecule has 0 N–H and O–H groups in total. The molecule has 0 spiro atoms. The molecule has 3 fully saturated rings. The largest absolute Gasteiger partial charge is 0.377 e. The van der Waals surface area contributed by atoms with Crippen LogP contribution in [0.3, 0.4) is 0 Å². The second-order valence-corrected chi connectivity index (χ2v) is 7.13. The lowest BCUT2D eigenvalue weighted by Crippen LogP contribution is -2.43. The van der Waals surface area contributed by atoms with Crippen LogP contribution in [-0.2, 0) is 4.74 Å². The summed E-state index contributed by atoms with van der Waals surface area (Å²) in [6, 6.07) is 5.55. The molecule has 0 aliphatic carbocycles. The third kappa shape index (κ3) is 3.26. The van der Waals surface area contributed by atoms with Crippen molar-refractivity contribution in [1.29, 1.82) is 0 Å². The smallest absolute Gasteiger partial charge is 0.272 e. The molecule has 0 radical (unpaired) electrons. The highest BCUT2D eigenvalue weighted by atomic mass is 16.5. The Hall–Kier alpha value is -1.46. The van der Waals surface area contributed by atoms with E-state index in [2.05, 4.69) is 9.88 Å². The summed E-state index contributed by atoms with van der Waals surface area (Å²) in [6.07, 6.45) is 5.73. The van der Waals surface area contributed by atoms with Crippen molar-refractivity contribution >= 4 is 5.91 Å². The zero-order chi connectivity index (χ0) is 15.6. The fourth-order valence-electron chi connectivity index (χ4n) is 4.30. The predicted octanol–water partition coefficient (Wildman–Crippen LogP) is 1.65. The van der Waals surface area contributed by atoms with Gasteiger partial charge in [-0.1, -0.05) is 6.07 Å². The minimum atomic E-state index is 0.0886. The molecule has 3 aliphatic rings. The van der Waals surface area contributed by atoms with Crippen LogP contribution in [0.15, 0.2) is 24.4 Å². The fourth-order valence-corrected chi connectivity index (χ4v) is 4.30. The van der Waals surface area contributed by atoms with Crippen LogP contribution in [-0.4, -0.2) is 66.1 Å². The first-order valence-corrected chi connectivity index (χ1v) is 8.84. The van der Waals surface area contributed by atoms with Gasteiger partial charge in [0.05, 0.1) is 6.10 Å². The molecule has 3 saturated heterocycles. The Morgan fingerprint density at radius 1 is 1.22 bits per heavy atom. The van der Waals surface area contributed by atoms with Gasteiger partial charge in [0.1, 0.15) is 5.69 Å². The van der Waals surface area contributed by atoms with Crippen LogP contribution in [0, 0.1) is 11.8 Å². The van der Waals surface area contributed by atoms with Gasteiger partial charge in [0.15, 0.2) is 0 Å². The van der Waals surface area contributed by atoms with E-state index in [0.717, 1.165) is 39.3 Å². The number of nitrogens with zero attached hydrogens (tertiary/aromatic N) is 3. The van der Waals surface area contributed by atoms with Crippen LogP contribution < -0.4 is 0 Å². The molecule has 1 aromatic rings. The highest BCUT2D eigenvalue weighted by Gasteiger charge is 2.39. The van der Waals surface area contributed by atoms with E-state index >= 15 is 0 Å². The molecule has 1 unspecified atom stereocenters. The molecule has 4 heterocycles. The van der Waals surface area contributed by atoms with Gasteiger partial charge in [0.25, 0.3) is 5.91 Å². The molecule has 0 bridgehead atoms. The summed E-state index contributed by atoms with van der Waals surface area (Å²) >= 11 is 0. The van der Waals surface area contributed by atoms with E-state index in [-0.39, 0.29) is 5.91 Å². The van der Waals surface area contributed by atoms with Gasteiger partial charge in [-0.3, -0.25) is 9.78 Å². The summed E-state index contributed by atoms with van der Waals surface area (Å²) < 4.78 is 5.77. The quantitative estimate of drug-likeness (QED) is 0.851. The topological polar surface area (TPSA) is 45.7 Å². The number of carbonyl (C=O) groups is 1. The van der Waals surface area contributed by atoms with E-state index in [1.807, 2.05) is 23.1 Å². The Balaban J connectivity index is 1.35. The van der Waals surface area contributed by atoms with Gasteiger partial charge in [-0.15, -0.1) is 0 Å². The molecular formula is C18H25N3O2. The lowest BCUT2D eigenvalue weighted by Gasteiger charge is -2.35. The summed E-state index contributed by atoms with van der Waals surface area (Å²) in [5.41, 5.74) is 0.572. The molecule has 5 heteroatoms. The number of rotatable bonds is 3. The van der Waals surface area contributed by atoms with Crippen molar-refractivity contribution in [2.24, 2.45) is 11.8 Å². The van der Waals surface area contributed by atoms with Crippen molar-refractivity contribution in [1.82, 2.24) is 14.8 Å². The van der Waals surface area contributed by atoms with Crippen molar-refractivity contribution in [2.75, 3.05) is 39.3 Å². The van der Waals surface area contributed by atoms with Gasteiger partial charge in [-0.2, -0.15) is 0 Å². The summed E-state index contributed by atoms with van der Waals surface area (Å²) in [6.45, 7) is 6.02. The third-order valence-electron chi connectivity index (χ3n) is 5.54. The summed E-state index contributed by atoms with van der Waals surface area (Å²) in [5.74, 6) is 1.35. The molecule has 3 atom stereocenters. The van der Waals surface area contributed by atoms with Crippen LogP contribution in [0.1, 0.15) is 29.8 Å². The monoisotopic (exact) mass is 315 g/mol. The number of pyridine rings is 1. The van der Waals surface area contributed by atoms with Gasteiger partial charge in [-0.05, 0) is 49.8 Å². The number of carbonyl (C=O) groups excluding carboxylic acids is 1. The Bertz CT molecular complexity index is 544. The standard InChI is InChI=1S/C18H25N3O2/c22-18(17-5-1-2-7-19-17)21-11-14-6-8-20(10-15(14)12-21)13-16-4-3-9-23-16/h1-2,5,7,14-16H,3-4,6,8-13H2/t14-,15+,16?/m1/s1. The maximum atomic E-state index is 12.6. The Morgan fingerprint density at radius 2 is 2.13 bits per heavy atom. The fraction of sp³-hybridized carbons (Fsp3) is 0.667. The molecule has 1 aromatic heterocycles. The van der Waals surface area contributed by atoms with E-state index in [0.29, 0.717) is 23.6 Å². The van der Waals surface area contributed by atoms with Crippen molar-refractivity contribution in [3.05, 3.63) is 30.1 Å². The van der Waals surface area contributed by atoms with E-state index in [1.54, 1.807) is 6.20 Å². The lowest BCUT2D eigenvalue weighted by molar-refractivity contribution is 0.0506. The molecule has 0 saturated carbocycles. The highest BCUT2D eigenvalue weighted by molar-refractivity contribution is 5.92. The predicted molar refractivity (Wildman–Crippen MR) is 87.2 cm³/mol. The average molecular weight is 315 g/mol. The van der Waals surface area contributed by atoms with Crippen LogP contribution in [0.4, 0.5) is 0 Å². The van der Waals surface area contributed by atoms with Gasteiger partial charge in [0.2, 0.25) is 0 Å². The van der Waals surface area contributed by atoms with Crippen molar-refractivity contribution in [3.8, 4) is 0 Å². The Labute approximate surface area is 137 Å². The number of piperidine rings is 1. The van der Waals surface area contributed by atoms with Gasteiger partial charge >= 0.3 is 0 Å². The maximum absolute atomic E-state index is 12.6. The number of amides is 1. The minimum absolute atomic E-state index is 0.0886. The molecule has 1 amide bonds. The van der Waals surface area contributed by atoms with E-state index < -0.39 is 0 Å². The summed E-state index contributed by atoms with van der Waals surface area (Å²) in [7, 11) is 0. The van der Waals surface area contributed by atoms with Crippen LogP contribution in [0.5, 0.6) is 0 Å². The minimum Gasteiger partial charge on any atom is -0.377 e. The van der Waals surface area contributed by atoms with Gasteiger partial charge in [-0.25, -0.2) is 0 Å². The zero-order valence-corrected chi connectivity index (χ0v) is 13.6. The number of hydrogen-bond acceptors (Lipinski definition) is 4. The number of likely N-dealkylation sites (tertiary alicyclic amines) is 2. The molecule has 4 rings (SSSR count). The van der Waals surface area contributed by atoms with Crippen molar-refractivity contribution in [2.45, 2.75) is 25.4 Å². The van der Waals surface area contributed by atoms with Gasteiger partial charge < -0.3 is 14.5 Å². The number of hydrogen-bond donors (Lipinski definition) is 0. The highest BCUT2D eigenvalue weighted by Crippen LogP contribution is 2.32. The Kier molecular flexibility index (Phi) is 4.31. The molecule has 5 nitrogen and oxygen atoms in total. The third-order valence-corrected chi connectivity index (χ3v) is 5.54. The van der Waals surface area contributed by atoms with Crippen LogP contribution in [0.2, 0.25) is 0 Å². The van der Waals surface area contributed by atoms with Crippen molar-refractivity contribution in [3.63, 3.8) is 0 Å². The molecule has 23 heavy (non-hydrogen) atoms. The number of aromatic nitrogens is 1. The van der Waals surface area contributed by atoms with Crippen molar-refractivity contribution < 1.29 is 9.53 Å². The van der Waals surface area contributed by atoms with Gasteiger partial charge in [0, 0.05) is 39.0 Å². The van der Waals surface area contributed by atoms with E-state index in [1.165, 1.54) is 19.3 Å². The normalized spacial score (nSPS) is 31.3.